The Hall–Kier alpha value is -3.05. The van der Waals surface area contributed by atoms with Crippen molar-refractivity contribution in [1.29, 1.82) is 0 Å². The number of fused-ring (bicyclic) bond motifs is 1. The van der Waals surface area contributed by atoms with Crippen LogP contribution in [0.2, 0.25) is 0 Å². The Morgan fingerprint density at radius 2 is 1.83 bits per heavy atom. The van der Waals surface area contributed by atoms with Crippen molar-refractivity contribution in [3.05, 3.63) is 82.7 Å². The van der Waals surface area contributed by atoms with Gasteiger partial charge in [-0.2, -0.15) is 5.10 Å². The number of benzene rings is 2. The SMILES string of the molecule is C(=Nn1c(-c2cccc3ccccc23)csc1=NC1CCCCC1)c1cccnc1. The number of pyridine rings is 1. The molecule has 1 saturated carbocycles. The third kappa shape index (κ3) is 3.98. The summed E-state index contributed by atoms with van der Waals surface area (Å²) in [5.41, 5.74) is 3.23. The second kappa shape index (κ2) is 8.76. The molecule has 0 N–H and O–H groups in total. The monoisotopic (exact) mass is 412 g/mol. The van der Waals surface area contributed by atoms with Gasteiger partial charge in [0.2, 0.25) is 4.80 Å². The van der Waals surface area contributed by atoms with Crippen molar-refractivity contribution in [3.8, 4) is 11.3 Å². The molecule has 2 aromatic heterocycles. The Morgan fingerprint density at radius 3 is 2.70 bits per heavy atom. The molecule has 4 aromatic rings. The average molecular weight is 413 g/mol. The highest BCUT2D eigenvalue weighted by Gasteiger charge is 2.15. The molecule has 0 radical (unpaired) electrons. The third-order valence-electron chi connectivity index (χ3n) is 5.63. The van der Waals surface area contributed by atoms with Gasteiger partial charge in [0.05, 0.1) is 18.0 Å². The van der Waals surface area contributed by atoms with Gasteiger partial charge in [-0.05, 0) is 29.7 Å². The van der Waals surface area contributed by atoms with E-state index >= 15 is 0 Å². The van der Waals surface area contributed by atoms with Crippen molar-refractivity contribution in [3.63, 3.8) is 0 Å². The molecule has 0 amide bonds. The van der Waals surface area contributed by atoms with Gasteiger partial charge in [-0.15, -0.1) is 11.3 Å². The molecule has 30 heavy (non-hydrogen) atoms. The van der Waals surface area contributed by atoms with Crippen LogP contribution in [-0.4, -0.2) is 21.9 Å². The van der Waals surface area contributed by atoms with Gasteiger partial charge in [0, 0.05) is 28.9 Å². The van der Waals surface area contributed by atoms with Gasteiger partial charge in [-0.1, -0.05) is 67.8 Å². The lowest BCUT2D eigenvalue weighted by Crippen LogP contribution is -2.19. The van der Waals surface area contributed by atoms with Crippen molar-refractivity contribution >= 4 is 28.3 Å². The minimum Gasteiger partial charge on any atom is -0.264 e. The first-order valence-electron chi connectivity index (χ1n) is 10.6. The summed E-state index contributed by atoms with van der Waals surface area (Å²) in [6.45, 7) is 0. The fourth-order valence-electron chi connectivity index (χ4n) is 4.08. The van der Waals surface area contributed by atoms with Gasteiger partial charge >= 0.3 is 0 Å². The van der Waals surface area contributed by atoms with Gasteiger partial charge in [0.25, 0.3) is 0 Å². The lowest BCUT2D eigenvalue weighted by molar-refractivity contribution is 0.435. The minimum absolute atomic E-state index is 0.401. The molecule has 4 nitrogen and oxygen atoms in total. The Bertz CT molecular complexity index is 1230. The van der Waals surface area contributed by atoms with Crippen LogP contribution < -0.4 is 4.80 Å². The van der Waals surface area contributed by atoms with Crippen molar-refractivity contribution in [2.45, 2.75) is 38.1 Å². The Labute approximate surface area is 180 Å². The summed E-state index contributed by atoms with van der Waals surface area (Å²) in [6, 6.07) is 19.3. The van der Waals surface area contributed by atoms with Crippen molar-refractivity contribution in [2.75, 3.05) is 0 Å². The molecule has 1 fully saturated rings. The van der Waals surface area contributed by atoms with Crippen LogP contribution in [0.25, 0.3) is 22.0 Å². The molecule has 1 aliphatic rings. The summed E-state index contributed by atoms with van der Waals surface area (Å²) in [4.78, 5) is 10.3. The molecule has 150 valence electrons. The van der Waals surface area contributed by atoms with Crippen LogP contribution in [0.3, 0.4) is 0 Å². The smallest absolute Gasteiger partial charge is 0.206 e. The molecule has 2 aromatic carbocycles. The molecule has 0 spiro atoms. The number of hydrogen-bond acceptors (Lipinski definition) is 4. The quantitative estimate of drug-likeness (QED) is 0.386. The number of thiazole rings is 1. The van der Waals surface area contributed by atoms with Crippen LogP contribution in [0, 0.1) is 0 Å². The molecule has 2 heterocycles. The second-order valence-corrected chi connectivity index (χ2v) is 8.53. The first-order chi connectivity index (χ1) is 14.9. The van der Waals surface area contributed by atoms with E-state index in [-0.39, 0.29) is 0 Å². The maximum Gasteiger partial charge on any atom is 0.206 e. The van der Waals surface area contributed by atoms with Gasteiger partial charge < -0.3 is 0 Å². The van der Waals surface area contributed by atoms with Crippen LogP contribution in [0.1, 0.15) is 37.7 Å². The fourth-order valence-corrected chi connectivity index (χ4v) is 4.98. The third-order valence-corrected chi connectivity index (χ3v) is 6.46. The first-order valence-corrected chi connectivity index (χ1v) is 11.4. The number of rotatable bonds is 4. The van der Waals surface area contributed by atoms with Gasteiger partial charge in [-0.25, -0.2) is 4.68 Å². The molecular weight excluding hydrogens is 388 g/mol. The lowest BCUT2D eigenvalue weighted by atomic mass is 9.96. The van der Waals surface area contributed by atoms with E-state index in [2.05, 4.69) is 52.8 Å². The Balaban J connectivity index is 1.65. The standard InChI is InChI=1S/C25H24N4S/c1-2-11-21(12-3-1)28-25-29(27-17-19-8-7-15-26-16-19)24(18-30-25)23-14-6-10-20-9-4-5-13-22(20)23/h4-10,13-18,21H,1-3,11-12H2. The number of nitrogens with zero attached hydrogens (tertiary/aromatic N) is 4. The zero-order chi connectivity index (χ0) is 20.2. The molecule has 5 rings (SSSR count). The summed E-state index contributed by atoms with van der Waals surface area (Å²) in [5.74, 6) is 0. The van der Waals surface area contributed by atoms with E-state index < -0.39 is 0 Å². The van der Waals surface area contributed by atoms with E-state index in [0.29, 0.717) is 6.04 Å². The van der Waals surface area contributed by atoms with Crippen LogP contribution in [0.5, 0.6) is 0 Å². The summed E-state index contributed by atoms with van der Waals surface area (Å²) in [6.07, 6.45) is 11.7. The largest absolute Gasteiger partial charge is 0.264 e. The minimum atomic E-state index is 0.401. The van der Waals surface area contributed by atoms with E-state index in [4.69, 9.17) is 10.1 Å². The zero-order valence-electron chi connectivity index (χ0n) is 16.8. The molecule has 0 atom stereocenters. The van der Waals surface area contributed by atoms with E-state index in [1.54, 1.807) is 17.5 Å². The van der Waals surface area contributed by atoms with Crippen molar-refractivity contribution in [2.24, 2.45) is 10.1 Å². The average Bonchev–Trinajstić information content (AvgIpc) is 3.20. The highest BCUT2D eigenvalue weighted by molar-refractivity contribution is 7.07. The van der Waals surface area contributed by atoms with E-state index in [1.165, 1.54) is 48.4 Å². The highest BCUT2D eigenvalue weighted by Crippen LogP contribution is 2.29. The molecule has 0 unspecified atom stereocenters. The van der Waals surface area contributed by atoms with Crippen LogP contribution in [-0.2, 0) is 0 Å². The summed E-state index contributed by atoms with van der Waals surface area (Å²) < 4.78 is 2.01. The molecular formula is C25H24N4S. The van der Waals surface area contributed by atoms with E-state index in [1.807, 2.05) is 29.2 Å². The predicted molar refractivity (Wildman–Crippen MR) is 125 cm³/mol. The summed E-state index contributed by atoms with van der Waals surface area (Å²) in [7, 11) is 0. The first kappa shape index (κ1) is 18.9. The van der Waals surface area contributed by atoms with Gasteiger partial charge in [0.1, 0.15) is 0 Å². The summed E-state index contributed by atoms with van der Waals surface area (Å²) >= 11 is 1.68. The zero-order valence-corrected chi connectivity index (χ0v) is 17.6. The molecule has 0 saturated heterocycles. The normalized spacial score (nSPS) is 15.9. The summed E-state index contributed by atoms with van der Waals surface area (Å²) in [5, 5.41) is 9.50. The topological polar surface area (TPSA) is 42.5 Å². The highest BCUT2D eigenvalue weighted by atomic mass is 32.1. The number of aromatic nitrogens is 2. The van der Waals surface area contributed by atoms with E-state index in [0.717, 1.165) is 16.1 Å². The van der Waals surface area contributed by atoms with Crippen LogP contribution in [0.15, 0.2) is 82.5 Å². The number of hydrogen-bond donors (Lipinski definition) is 0. The van der Waals surface area contributed by atoms with E-state index in [9.17, 15) is 0 Å². The lowest BCUT2D eigenvalue weighted by Gasteiger charge is -2.16. The van der Waals surface area contributed by atoms with Gasteiger partial charge in [0.15, 0.2) is 0 Å². The van der Waals surface area contributed by atoms with Crippen molar-refractivity contribution < 1.29 is 0 Å². The van der Waals surface area contributed by atoms with Gasteiger partial charge in [-0.3, -0.25) is 9.98 Å². The molecule has 1 aliphatic carbocycles. The van der Waals surface area contributed by atoms with Crippen LogP contribution in [0.4, 0.5) is 0 Å². The Morgan fingerprint density at radius 1 is 0.967 bits per heavy atom. The van der Waals surface area contributed by atoms with Crippen LogP contribution >= 0.6 is 11.3 Å². The maximum absolute atomic E-state index is 5.11. The van der Waals surface area contributed by atoms with Crippen molar-refractivity contribution in [1.82, 2.24) is 9.66 Å². The maximum atomic E-state index is 5.11. The molecule has 0 bridgehead atoms. The molecule has 0 aliphatic heterocycles. The Kier molecular flexibility index (Phi) is 5.53. The molecule has 5 heteroatoms. The second-order valence-electron chi connectivity index (χ2n) is 7.69. The predicted octanol–water partition coefficient (Wildman–Crippen LogP) is 5.88. The fraction of sp³-hybridized carbons (Fsp3) is 0.240.